The Balaban J connectivity index is 1.59. The van der Waals surface area contributed by atoms with E-state index < -0.39 is 23.9 Å². The van der Waals surface area contributed by atoms with Crippen molar-refractivity contribution < 1.29 is 71.4 Å². The van der Waals surface area contributed by atoms with E-state index in [0.29, 0.717) is 161 Å². The van der Waals surface area contributed by atoms with Gasteiger partial charge >= 0.3 is 6.03 Å². The largest absolute Gasteiger partial charge is 0.475 e. The number of anilines is 1. The molecule has 0 saturated carbocycles. The summed E-state index contributed by atoms with van der Waals surface area (Å²) in [6.07, 6.45) is 3.36. The van der Waals surface area contributed by atoms with Gasteiger partial charge in [-0.25, -0.2) is 9.48 Å². The summed E-state index contributed by atoms with van der Waals surface area (Å²) in [4.78, 5) is 57.6. The van der Waals surface area contributed by atoms with Crippen molar-refractivity contribution in [2.75, 3.05) is 149 Å². The number of nitrogens with one attached hydrogen (secondary N) is 4. The lowest BCUT2D eigenvalue weighted by atomic mass is 9.89. The zero-order valence-electron chi connectivity index (χ0n) is 54.1. The number of primary amides is 1. The third-order valence-corrected chi connectivity index (χ3v) is 14.7. The fraction of sp³-hybridized carbons (Fsp3) is 0.754. The molecule has 0 aliphatic heterocycles. The number of ketones is 1. The monoisotopic (exact) mass is 1270 g/mol. The molecule has 2 atom stereocenters. The average molecular weight is 1270 g/mol. The van der Waals surface area contributed by atoms with E-state index in [9.17, 15) is 19.2 Å². The predicted octanol–water partition coefficient (Wildman–Crippen LogP) is 7.18. The van der Waals surface area contributed by atoms with E-state index in [1.807, 2.05) is 32.2 Å². The van der Waals surface area contributed by atoms with E-state index in [0.717, 1.165) is 24.3 Å². The van der Waals surface area contributed by atoms with Crippen LogP contribution in [0.4, 0.5) is 10.5 Å². The molecule has 4 amide bonds. The number of thioether (sulfide) groups is 2. The van der Waals surface area contributed by atoms with E-state index in [-0.39, 0.29) is 65.1 Å². The smallest absolute Gasteiger partial charge is 0.312 e. The molecule has 87 heavy (non-hydrogen) atoms. The number of hydrogen-bond acceptors (Lipinski definition) is 21. The van der Waals surface area contributed by atoms with Gasteiger partial charge in [0.05, 0.1) is 143 Å². The summed E-state index contributed by atoms with van der Waals surface area (Å²) in [6.45, 7) is 37.0. The molecule has 0 bridgehead atoms. The lowest BCUT2D eigenvalue weighted by Crippen LogP contribution is -2.46. The Labute approximate surface area is 526 Å². The first-order valence-corrected chi connectivity index (χ1v) is 32.2. The third kappa shape index (κ3) is 45.3. The molecule has 0 aliphatic rings. The summed E-state index contributed by atoms with van der Waals surface area (Å²) in [5, 5.41) is 24.1. The van der Waals surface area contributed by atoms with Crippen LogP contribution in [0, 0.1) is 17.3 Å². The highest BCUT2D eigenvalue weighted by atomic mass is 32.2. The van der Waals surface area contributed by atoms with Gasteiger partial charge in [-0.2, -0.15) is 0 Å². The molecule has 1 aromatic carbocycles. The number of carbonyl (C=O) groups is 4. The molecule has 0 saturated heterocycles. The summed E-state index contributed by atoms with van der Waals surface area (Å²) in [7, 11) is 0. The Morgan fingerprint density at radius 2 is 1.16 bits per heavy atom. The number of rotatable bonds is 53. The van der Waals surface area contributed by atoms with E-state index in [1.165, 1.54) is 0 Å². The minimum Gasteiger partial charge on any atom is -0.475 e. The van der Waals surface area contributed by atoms with Crippen LogP contribution in [-0.2, 0) is 86.3 Å². The minimum atomic E-state index is -0.876. The number of aromatic nitrogens is 3. The van der Waals surface area contributed by atoms with Crippen LogP contribution in [0.25, 0.3) is 0 Å². The van der Waals surface area contributed by atoms with Gasteiger partial charge in [-0.05, 0) is 54.9 Å². The predicted molar refractivity (Wildman–Crippen MR) is 342 cm³/mol. The Morgan fingerprint density at radius 3 is 1.62 bits per heavy atom. The quantitative estimate of drug-likeness (QED) is 0.0190. The molecule has 26 heteroatoms. The second-order valence-corrected chi connectivity index (χ2v) is 27.5. The summed E-state index contributed by atoms with van der Waals surface area (Å²) in [6, 6.07) is 5.54. The van der Waals surface area contributed by atoms with Crippen LogP contribution in [0.2, 0.25) is 0 Å². The van der Waals surface area contributed by atoms with E-state index >= 15 is 0 Å². The number of urea groups is 1. The van der Waals surface area contributed by atoms with Crippen LogP contribution in [-0.4, -0.2) is 203 Å². The van der Waals surface area contributed by atoms with E-state index in [2.05, 4.69) is 106 Å². The first kappa shape index (κ1) is 78.5. The molecular weight excluding hydrogens is 1160 g/mol. The van der Waals surface area contributed by atoms with Crippen LogP contribution >= 0.6 is 23.5 Å². The highest BCUT2D eigenvalue weighted by Crippen LogP contribution is 2.27. The van der Waals surface area contributed by atoms with Crippen molar-refractivity contribution in [3.63, 3.8) is 0 Å². The maximum atomic E-state index is 13.8. The number of benzene rings is 1. The normalized spacial score (nSPS) is 12.6. The van der Waals surface area contributed by atoms with Gasteiger partial charge in [-0.15, -0.1) is 28.6 Å². The molecule has 2 rings (SSSR count). The molecule has 0 unspecified atom stereocenters. The van der Waals surface area contributed by atoms with Gasteiger partial charge < -0.3 is 79.2 Å². The Bertz CT molecular complexity index is 2190. The fourth-order valence-corrected chi connectivity index (χ4v) is 8.87. The Kier molecular flexibility index (Phi) is 41.9. The second-order valence-electron chi connectivity index (χ2n) is 23.9. The highest BCUT2D eigenvalue weighted by Gasteiger charge is 2.30. The van der Waals surface area contributed by atoms with E-state index in [1.54, 1.807) is 40.3 Å². The highest BCUT2D eigenvalue weighted by molar-refractivity contribution is 8.02. The lowest BCUT2D eigenvalue weighted by Gasteiger charge is -2.24. The minimum absolute atomic E-state index is 0.0229. The number of hydrogen-bond donors (Lipinski definition) is 5. The molecule has 0 aliphatic carbocycles. The molecule has 0 radical (unpaired) electrons. The van der Waals surface area contributed by atoms with Gasteiger partial charge in [0.25, 0.3) is 5.91 Å². The molecule has 2 aromatic rings. The fourth-order valence-electron chi connectivity index (χ4n) is 7.23. The topological polar surface area (TPSA) is 287 Å². The van der Waals surface area contributed by atoms with Crippen molar-refractivity contribution in [2.45, 2.75) is 137 Å². The molecule has 498 valence electrons. The van der Waals surface area contributed by atoms with Crippen LogP contribution in [0.1, 0.15) is 113 Å². The molecular formula is C61H107N9O15S2. The number of carbonyl (C=O) groups excluding carboxylic acids is 4. The van der Waals surface area contributed by atoms with Gasteiger partial charge in [-0.3, -0.25) is 14.4 Å². The van der Waals surface area contributed by atoms with Gasteiger partial charge in [0.2, 0.25) is 5.91 Å². The maximum absolute atomic E-state index is 13.8. The van der Waals surface area contributed by atoms with Crippen LogP contribution in [0.5, 0.6) is 0 Å². The van der Waals surface area contributed by atoms with Crippen LogP contribution < -0.4 is 27.0 Å². The Hall–Kier alpha value is -4.61. The summed E-state index contributed by atoms with van der Waals surface area (Å²) in [5.74, 6) is -0.588. The summed E-state index contributed by atoms with van der Waals surface area (Å²) < 4.78 is 57.6. The van der Waals surface area contributed by atoms with Crippen LogP contribution in [0.15, 0.2) is 48.1 Å². The number of Topliss-reactive ketones (excluding diaryl/α,β-unsaturated/α-hetero) is 1. The molecule has 1 aromatic heterocycles. The SMILES string of the molecule is C=C(NCc1cn(CCOCCOCCOCCOCCOCCOCCOCCOCCOCCC(C)(C)C)nn1)OCc1ccc(NC(=O)[C@H](CCCNC(N)=O)CC(=O)[C@@H](NC(=O)CON=C(CSC(C)(C)C)CSC(C)(C)C)C(C)C)cc1. The molecule has 0 spiro atoms. The Morgan fingerprint density at radius 1 is 0.678 bits per heavy atom. The first-order chi connectivity index (χ1) is 41.4. The number of ether oxygens (including phenoxy) is 10. The van der Waals surface area contributed by atoms with Crippen molar-refractivity contribution in [1.29, 1.82) is 0 Å². The van der Waals surface area contributed by atoms with Crippen molar-refractivity contribution in [1.82, 2.24) is 30.9 Å². The number of nitrogens with zero attached hydrogens (tertiary/aromatic N) is 4. The second kappa shape index (κ2) is 46.5. The summed E-state index contributed by atoms with van der Waals surface area (Å²) in [5.41, 5.74) is 8.39. The van der Waals surface area contributed by atoms with Crippen molar-refractivity contribution in [2.24, 2.45) is 28.1 Å². The van der Waals surface area contributed by atoms with Crippen LogP contribution in [0.3, 0.4) is 0 Å². The lowest BCUT2D eigenvalue weighted by molar-refractivity contribution is -0.133. The first-order valence-electron chi connectivity index (χ1n) is 30.2. The zero-order chi connectivity index (χ0) is 64.2. The van der Waals surface area contributed by atoms with Gasteiger partial charge in [0.15, 0.2) is 18.3 Å². The van der Waals surface area contributed by atoms with Gasteiger partial charge in [0.1, 0.15) is 12.3 Å². The molecule has 0 fully saturated rings. The number of oxime groups is 1. The van der Waals surface area contributed by atoms with E-state index in [4.69, 9.17) is 57.9 Å². The maximum Gasteiger partial charge on any atom is 0.312 e. The van der Waals surface area contributed by atoms with Gasteiger partial charge in [-0.1, -0.05) is 98.7 Å². The third-order valence-electron chi connectivity index (χ3n) is 12.0. The molecule has 6 N–H and O–H groups in total. The summed E-state index contributed by atoms with van der Waals surface area (Å²) >= 11 is 3.49. The molecule has 24 nitrogen and oxygen atoms in total. The van der Waals surface area contributed by atoms with Gasteiger partial charge in [0, 0.05) is 52.2 Å². The average Bonchev–Trinajstić information content (AvgIpc) is 3.96. The van der Waals surface area contributed by atoms with Crippen molar-refractivity contribution in [3.05, 3.63) is 54.2 Å². The number of amides is 4. The number of nitrogens with two attached hydrogens (primary N) is 1. The standard InChI is InChI=1S/C61H107N9O15S2/c1-47(2)56(66-55(72)44-85-68-53(45-86-60(7,8)9)46-87-61(10,11)12)54(71)40-50(14-13-20-63-58(62)74)57(73)65-51-17-15-49(16-18-51)43-84-48(3)64-41-52-42-70(69-67-52)21-23-76-25-27-78-29-31-80-33-35-82-37-39-83-38-36-81-34-32-79-30-28-77-26-24-75-22-19-59(4,5)6/h15-18,42,47,50,56,64H,3,13-14,19-41,43-46H2,1-2,4-12H3,(H,65,73)(H,66,72)(H3,62,63,74)/t50-,56+/m1/s1. The zero-order valence-corrected chi connectivity index (χ0v) is 55.8. The van der Waals surface area contributed by atoms with Crippen molar-refractivity contribution >= 4 is 58.6 Å². The molecule has 1 heterocycles. The van der Waals surface area contributed by atoms with Crippen molar-refractivity contribution in [3.8, 4) is 0 Å².